The van der Waals surface area contributed by atoms with E-state index in [0.717, 1.165) is 25.7 Å². The van der Waals surface area contributed by atoms with E-state index in [4.69, 9.17) is 10.4 Å². The smallest absolute Gasteiger partial charge is 0.266 e. The summed E-state index contributed by atoms with van der Waals surface area (Å²) < 4.78 is 0. The van der Waals surface area contributed by atoms with Crippen LogP contribution in [0.1, 0.15) is 32.1 Å². The molecule has 0 radical (unpaired) electrons. The van der Waals surface area contributed by atoms with Crippen molar-refractivity contribution in [2.24, 2.45) is 10.3 Å². The number of hydrogen-bond donors (Lipinski definition) is 0. The third-order valence-corrected chi connectivity index (χ3v) is 2.74. The molecule has 1 aliphatic heterocycles. The first-order valence-corrected chi connectivity index (χ1v) is 4.60. The van der Waals surface area contributed by atoms with E-state index in [9.17, 15) is 4.79 Å². The fourth-order valence-electron chi connectivity index (χ4n) is 2.02. The van der Waals surface area contributed by atoms with Crippen molar-refractivity contribution >= 4 is 11.6 Å². The second-order valence-corrected chi connectivity index (χ2v) is 3.69. The molecule has 1 saturated carbocycles. The van der Waals surface area contributed by atoms with E-state index in [1.807, 2.05) is 0 Å². The number of hydrogen-bond acceptors (Lipinski definition) is 3. The molecule has 1 aliphatic carbocycles. The van der Waals surface area contributed by atoms with Gasteiger partial charge in [0.05, 0.1) is 0 Å². The Hall–Kier alpha value is -1.55. The lowest BCUT2D eigenvalue weighted by Crippen LogP contribution is -2.25. The molecule has 14 heavy (non-hydrogen) atoms. The minimum atomic E-state index is -0.615. The Kier molecular flexibility index (Phi) is 2.13. The van der Waals surface area contributed by atoms with Gasteiger partial charge in [0.25, 0.3) is 5.91 Å². The van der Waals surface area contributed by atoms with Crippen LogP contribution in [0.2, 0.25) is 0 Å². The minimum Gasteiger partial charge on any atom is -0.388 e. The van der Waals surface area contributed by atoms with Crippen LogP contribution < -0.4 is 0 Å². The molecule has 1 amide bonds. The Morgan fingerprint density at radius 1 is 1.57 bits per heavy atom. The van der Waals surface area contributed by atoms with Crippen molar-refractivity contribution in [3.8, 4) is 0 Å². The Morgan fingerprint density at radius 3 is 2.93 bits per heavy atom. The van der Waals surface area contributed by atoms with Gasteiger partial charge >= 0.3 is 0 Å². The van der Waals surface area contributed by atoms with Gasteiger partial charge in [-0.05, 0) is 36.3 Å². The second-order valence-electron chi connectivity index (χ2n) is 3.69. The summed E-state index contributed by atoms with van der Waals surface area (Å²) in [5, 5.41) is 6.68. The lowest BCUT2D eigenvalue weighted by Gasteiger charge is -2.18. The molecule has 74 valence electrons. The molecule has 0 atom stereocenters. The summed E-state index contributed by atoms with van der Waals surface area (Å²) in [5.41, 5.74) is 8.08. The van der Waals surface area contributed by atoms with Gasteiger partial charge in [-0.1, -0.05) is 5.16 Å². The quantitative estimate of drug-likeness (QED) is 0.362. The number of carbonyl (C=O) groups is 1. The van der Waals surface area contributed by atoms with Crippen LogP contribution in [0.3, 0.4) is 0 Å². The van der Waals surface area contributed by atoms with E-state index in [1.165, 1.54) is 0 Å². The van der Waals surface area contributed by atoms with Crippen molar-refractivity contribution in [3.63, 3.8) is 0 Å². The lowest BCUT2D eigenvalue weighted by atomic mass is 9.96. The van der Waals surface area contributed by atoms with Crippen LogP contribution in [0, 0.1) is 0 Å². The van der Waals surface area contributed by atoms with Crippen molar-refractivity contribution in [2.75, 3.05) is 0 Å². The summed E-state index contributed by atoms with van der Waals surface area (Å²) in [5.74, 6) is -0.615. The van der Waals surface area contributed by atoms with Crippen LogP contribution in [-0.4, -0.2) is 17.2 Å². The predicted octanol–water partition coefficient (Wildman–Crippen LogP) is 1.91. The van der Waals surface area contributed by atoms with E-state index in [-0.39, 0.29) is 11.3 Å². The maximum absolute atomic E-state index is 11.2. The van der Waals surface area contributed by atoms with Gasteiger partial charge in [-0.3, -0.25) is 4.79 Å². The van der Waals surface area contributed by atoms with Crippen LogP contribution in [-0.2, 0) is 9.63 Å². The summed E-state index contributed by atoms with van der Waals surface area (Å²) in [7, 11) is 0. The highest BCUT2D eigenvalue weighted by Crippen LogP contribution is 2.39. The summed E-state index contributed by atoms with van der Waals surface area (Å²) in [6.45, 7) is 0. The number of oxime groups is 1. The maximum Gasteiger partial charge on any atom is 0.266 e. The Labute approximate surface area is 80.5 Å². The molecule has 2 aliphatic rings. The van der Waals surface area contributed by atoms with Crippen molar-refractivity contribution < 1.29 is 9.63 Å². The van der Waals surface area contributed by atoms with Crippen LogP contribution >= 0.6 is 0 Å². The van der Waals surface area contributed by atoms with Gasteiger partial charge in [0, 0.05) is 11.3 Å². The zero-order chi connectivity index (χ0) is 10.0. The highest BCUT2D eigenvalue weighted by Gasteiger charge is 2.43. The Bertz CT molecular complexity index is 337. The highest BCUT2D eigenvalue weighted by atomic mass is 16.7. The van der Waals surface area contributed by atoms with E-state index in [1.54, 1.807) is 0 Å². The van der Waals surface area contributed by atoms with E-state index < -0.39 is 5.91 Å². The first kappa shape index (κ1) is 9.02. The van der Waals surface area contributed by atoms with Crippen LogP contribution in [0.25, 0.3) is 10.4 Å². The van der Waals surface area contributed by atoms with Gasteiger partial charge in [-0.15, -0.1) is 0 Å². The summed E-state index contributed by atoms with van der Waals surface area (Å²) in [6, 6.07) is 0. The molecular formula is C8H10N4O2. The molecule has 1 heterocycles. The number of carbonyl (C=O) groups excluding carboxylic acids is 1. The largest absolute Gasteiger partial charge is 0.388 e. The number of amides is 1. The highest BCUT2D eigenvalue weighted by molar-refractivity contribution is 6.39. The Balaban J connectivity index is 2.05. The number of nitrogens with zero attached hydrogens (tertiary/aromatic N) is 4. The summed E-state index contributed by atoms with van der Waals surface area (Å²) >= 11 is 0. The van der Waals surface area contributed by atoms with Crippen LogP contribution in [0.4, 0.5) is 0 Å². The van der Waals surface area contributed by atoms with Gasteiger partial charge in [-0.2, -0.15) is 0 Å². The SMILES string of the molecule is [N-]=[N+]=NC(=O)C1=NOC2(CCCC2)C1. The van der Waals surface area contributed by atoms with Gasteiger partial charge in [0.15, 0.2) is 0 Å². The lowest BCUT2D eigenvalue weighted by molar-refractivity contribution is -0.112. The second kappa shape index (κ2) is 3.31. The normalized spacial score (nSPS) is 22.7. The van der Waals surface area contributed by atoms with E-state index in [2.05, 4.69) is 15.2 Å². The molecule has 6 nitrogen and oxygen atoms in total. The molecule has 0 unspecified atom stereocenters. The van der Waals surface area contributed by atoms with Crippen molar-refractivity contribution in [1.29, 1.82) is 0 Å². The van der Waals surface area contributed by atoms with Gasteiger partial charge in [0.1, 0.15) is 11.3 Å². The molecule has 0 aromatic rings. The molecule has 0 N–H and O–H groups in total. The molecule has 0 aromatic carbocycles. The standard InChI is InChI=1S/C8H10N4O2/c9-12-10-7(13)6-5-8(14-11-6)3-1-2-4-8/h1-5H2. The average molecular weight is 194 g/mol. The van der Waals surface area contributed by atoms with E-state index >= 15 is 0 Å². The molecule has 0 bridgehead atoms. The first-order valence-electron chi connectivity index (χ1n) is 4.60. The molecule has 1 spiro atoms. The predicted molar refractivity (Wildman–Crippen MR) is 48.5 cm³/mol. The summed E-state index contributed by atoms with van der Waals surface area (Å²) in [6.07, 6.45) is 4.58. The van der Waals surface area contributed by atoms with Gasteiger partial charge in [-0.25, -0.2) is 0 Å². The fourth-order valence-corrected chi connectivity index (χ4v) is 2.02. The first-order chi connectivity index (χ1) is 6.76. The zero-order valence-corrected chi connectivity index (χ0v) is 7.64. The van der Waals surface area contributed by atoms with Crippen LogP contribution in [0.5, 0.6) is 0 Å². The van der Waals surface area contributed by atoms with Crippen molar-refractivity contribution in [3.05, 3.63) is 10.4 Å². The molecular weight excluding hydrogens is 184 g/mol. The monoisotopic (exact) mass is 194 g/mol. The molecule has 0 saturated heterocycles. The third-order valence-electron chi connectivity index (χ3n) is 2.74. The minimum absolute atomic E-state index is 0.254. The third kappa shape index (κ3) is 1.44. The van der Waals surface area contributed by atoms with E-state index in [0.29, 0.717) is 6.42 Å². The Morgan fingerprint density at radius 2 is 2.29 bits per heavy atom. The van der Waals surface area contributed by atoms with Crippen LogP contribution in [0.15, 0.2) is 10.3 Å². The number of azide groups is 1. The zero-order valence-electron chi connectivity index (χ0n) is 7.64. The van der Waals surface area contributed by atoms with Crippen molar-refractivity contribution in [1.82, 2.24) is 0 Å². The van der Waals surface area contributed by atoms with Crippen molar-refractivity contribution in [2.45, 2.75) is 37.7 Å². The summed E-state index contributed by atoms with van der Waals surface area (Å²) in [4.78, 5) is 18.9. The van der Waals surface area contributed by atoms with Gasteiger partial charge < -0.3 is 4.84 Å². The maximum atomic E-state index is 11.2. The fraction of sp³-hybridized carbons (Fsp3) is 0.750. The molecule has 1 fully saturated rings. The average Bonchev–Trinajstić information content (AvgIpc) is 2.78. The molecule has 6 heteroatoms. The van der Waals surface area contributed by atoms with Gasteiger partial charge in [0.2, 0.25) is 0 Å². The topological polar surface area (TPSA) is 87.4 Å². The number of rotatable bonds is 1. The molecule has 2 rings (SSSR count). The molecule has 0 aromatic heterocycles.